The van der Waals surface area contributed by atoms with Crippen LogP contribution in [0.1, 0.15) is 19.3 Å². The number of nitrogens with zero attached hydrogens (tertiary/aromatic N) is 2. The summed E-state index contributed by atoms with van der Waals surface area (Å²) >= 11 is 0. The van der Waals surface area contributed by atoms with Crippen molar-refractivity contribution in [1.82, 2.24) is 4.90 Å². The van der Waals surface area contributed by atoms with Crippen molar-refractivity contribution < 1.29 is 29.0 Å². The van der Waals surface area contributed by atoms with Crippen LogP contribution in [0, 0.1) is 5.92 Å². The van der Waals surface area contributed by atoms with E-state index in [-0.39, 0.29) is 24.7 Å². The van der Waals surface area contributed by atoms with Gasteiger partial charge in [0.15, 0.2) is 11.5 Å². The summed E-state index contributed by atoms with van der Waals surface area (Å²) in [6, 6.07) is 5.31. The maximum atomic E-state index is 12.5. The zero-order valence-electron chi connectivity index (χ0n) is 14.6. The fourth-order valence-corrected chi connectivity index (χ4v) is 3.21. The van der Waals surface area contributed by atoms with Gasteiger partial charge in [-0.2, -0.15) is 0 Å². The van der Waals surface area contributed by atoms with E-state index in [2.05, 4.69) is 0 Å². The highest BCUT2D eigenvalue weighted by atomic mass is 16.6. The summed E-state index contributed by atoms with van der Waals surface area (Å²) in [6.45, 7) is 1.63. The average Bonchev–Trinajstić information content (AvgIpc) is 3.02. The van der Waals surface area contributed by atoms with Crippen molar-refractivity contribution in [3.05, 3.63) is 18.2 Å². The largest absolute Gasteiger partial charge is 0.486 e. The molecule has 1 aromatic carbocycles. The van der Waals surface area contributed by atoms with Crippen LogP contribution in [-0.2, 0) is 14.4 Å². The van der Waals surface area contributed by atoms with E-state index in [0.29, 0.717) is 49.9 Å². The number of amides is 2. The number of fused-ring (bicyclic) bond motifs is 1. The Labute approximate surface area is 151 Å². The van der Waals surface area contributed by atoms with Gasteiger partial charge in [0.05, 0.1) is 5.92 Å². The third-order valence-electron chi connectivity index (χ3n) is 4.57. The summed E-state index contributed by atoms with van der Waals surface area (Å²) in [6.07, 6.45) is 0.561. The second-order valence-corrected chi connectivity index (χ2v) is 6.49. The molecule has 0 radical (unpaired) electrons. The first-order valence-corrected chi connectivity index (χ1v) is 8.62. The number of anilines is 1. The van der Waals surface area contributed by atoms with Crippen LogP contribution < -0.4 is 14.4 Å². The molecule has 0 saturated carbocycles. The minimum Gasteiger partial charge on any atom is -0.486 e. The molecular formula is C18H22N2O6. The molecule has 140 valence electrons. The predicted molar refractivity (Wildman–Crippen MR) is 92.4 cm³/mol. The third kappa shape index (κ3) is 3.89. The number of rotatable bonds is 6. The Bertz CT molecular complexity index is 720. The average molecular weight is 362 g/mol. The Morgan fingerprint density at radius 1 is 1.27 bits per heavy atom. The first kappa shape index (κ1) is 18.0. The van der Waals surface area contributed by atoms with Crippen molar-refractivity contribution in [3.63, 3.8) is 0 Å². The number of carbonyl (C=O) groups excluding carboxylic acids is 2. The van der Waals surface area contributed by atoms with Crippen LogP contribution in [0.3, 0.4) is 0 Å². The van der Waals surface area contributed by atoms with Crippen molar-refractivity contribution in [2.75, 3.05) is 38.3 Å². The van der Waals surface area contributed by atoms with Crippen molar-refractivity contribution >= 4 is 23.5 Å². The van der Waals surface area contributed by atoms with Crippen LogP contribution in [0.2, 0.25) is 0 Å². The highest BCUT2D eigenvalue weighted by molar-refractivity contribution is 6.00. The second kappa shape index (κ2) is 7.63. The maximum Gasteiger partial charge on any atom is 0.303 e. The lowest BCUT2D eigenvalue weighted by Gasteiger charge is -2.23. The van der Waals surface area contributed by atoms with Gasteiger partial charge in [-0.1, -0.05) is 0 Å². The molecule has 1 fully saturated rings. The Morgan fingerprint density at radius 3 is 2.73 bits per heavy atom. The Kier molecular flexibility index (Phi) is 5.29. The van der Waals surface area contributed by atoms with Crippen molar-refractivity contribution in [1.29, 1.82) is 0 Å². The number of hydrogen-bond donors (Lipinski definition) is 1. The number of ether oxygens (including phenoxy) is 2. The molecule has 1 N–H and O–H groups in total. The number of carboxylic acids is 1. The molecule has 1 saturated heterocycles. The van der Waals surface area contributed by atoms with E-state index in [0.717, 1.165) is 0 Å². The molecule has 0 spiro atoms. The van der Waals surface area contributed by atoms with Gasteiger partial charge >= 0.3 is 5.97 Å². The normalized spacial score (nSPS) is 18.7. The zero-order chi connectivity index (χ0) is 18.7. The monoisotopic (exact) mass is 362 g/mol. The van der Waals surface area contributed by atoms with Gasteiger partial charge in [0, 0.05) is 44.7 Å². The quantitative estimate of drug-likeness (QED) is 0.815. The van der Waals surface area contributed by atoms with E-state index in [1.807, 2.05) is 0 Å². The molecule has 2 heterocycles. The predicted octanol–water partition coefficient (Wildman–Crippen LogP) is 1.13. The molecule has 26 heavy (non-hydrogen) atoms. The van der Waals surface area contributed by atoms with E-state index in [1.165, 1.54) is 4.90 Å². The molecule has 0 bridgehead atoms. The maximum absolute atomic E-state index is 12.5. The minimum atomic E-state index is -0.883. The van der Waals surface area contributed by atoms with E-state index in [4.69, 9.17) is 14.6 Å². The van der Waals surface area contributed by atoms with Crippen LogP contribution in [-0.4, -0.2) is 61.1 Å². The van der Waals surface area contributed by atoms with Gasteiger partial charge in [0.2, 0.25) is 11.8 Å². The molecular weight excluding hydrogens is 340 g/mol. The lowest BCUT2D eigenvalue weighted by Crippen LogP contribution is -2.35. The van der Waals surface area contributed by atoms with Gasteiger partial charge in [-0.15, -0.1) is 0 Å². The fourth-order valence-electron chi connectivity index (χ4n) is 3.21. The van der Waals surface area contributed by atoms with Crippen LogP contribution in [0.5, 0.6) is 11.5 Å². The van der Waals surface area contributed by atoms with Gasteiger partial charge in [-0.25, -0.2) is 0 Å². The van der Waals surface area contributed by atoms with E-state index in [9.17, 15) is 14.4 Å². The minimum absolute atomic E-state index is 0.0184. The second-order valence-electron chi connectivity index (χ2n) is 6.49. The smallest absolute Gasteiger partial charge is 0.303 e. The van der Waals surface area contributed by atoms with Crippen LogP contribution in [0.4, 0.5) is 5.69 Å². The summed E-state index contributed by atoms with van der Waals surface area (Å²) < 4.78 is 11.0. The van der Waals surface area contributed by atoms with Crippen molar-refractivity contribution in [2.45, 2.75) is 19.3 Å². The lowest BCUT2D eigenvalue weighted by atomic mass is 10.1. The standard InChI is InChI=1S/C18H22N2O6/c1-19(6-2-3-17(22)23)18(24)12-9-16(21)20(11-12)13-4-5-14-15(10-13)26-8-7-25-14/h4-5,10,12H,2-3,6-9,11H2,1H3,(H,22,23). The van der Waals surface area contributed by atoms with Gasteiger partial charge in [-0.05, 0) is 18.6 Å². The molecule has 3 rings (SSSR count). The van der Waals surface area contributed by atoms with Crippen LogP contribution >= 0.6 is 0 Å². The Morgan fingerprint density at radius 2 is 2.00 bits per heavy atom. The highest BCUT2D eigenvalue weighted by Gasteiger charge is 2.36. The van der Waals surface area contributed by atoms with E-state index < -0.39 is 11.9 Å². The van der Waals surface area contributed by atoms with Gasteiger partial charge in [0.1, 0.15) is 13.2 Å². The summed E-state index contributed by atoms with van der Waals surface area (Å²) in [7, 11) is 1.64. The fraction of sp³-hybridized carbons (Fsp3) is 0.500. The molecule has 1 unspecified atom stereocenters. The Balaban J connectivity index is 1.63. The van der Waals surface area contributed by atoms with E-state index in [1.54, 1.807) is 30.1 Å². The molecule has 1 atom stereocenters. The molecule has 2 aliphatic heterocycles. The Hall–Kier alpha value is -2.77. The van der Waals surface area contributed by atoms with Crippen molar-refractivity contribution in [2.24, 2.45) is 5.92 Å². The van der Waals surface area contributed by atoms with Crippen molar-refractivity contribution in [3.8, 4) is 11.5 Å². The molecule has 0 aromatic heterocycles. The van der Waals surface area contributed by atoms with E-state index >= 15 is 0 Å². The highest BCUT2D eigenvalue weighted by Crippen LogP contribution is 2.36. The number of hydrogen-bond acceptors (Lipinski definition) is 5. The van der Waals surface area contributed by atoms with Crippen LogP contribution in [0.25, 0.3) is 0 Å². The molecule has 8 nitrogen and oxygen atoms in total. The molecule has 8 heteroatoms. The first-order chi connectivity index (χ1) is 12.5. The van der Waals surface area contributed by atoms with Crippen LogP contribution in [0.15, 0.2) is 18.2 Å². The first-order valence-electron chi connectivity index (χ1n) is 8.62. The molecule has 0 aliphatic carbocycles. The SMILES string of the molecule is CN(CCCC(=O)O)C(=O)C1CC(=O)N(c2ccc3c(c2)OCCO3)C1. The summed E-state index contributed by atoms with van der Waals surface area (Å²) in [4.78, 5) is 38.6. The lowest BCUT2D eigenvalue weighted by molar-refractivity contribution is -0.138. The van der Waals surface area contributed by atoms with Gasteiger partial charge in [0.25, 0.3) is 0 Å². The molecule has 2 amide bonds. The number of benzene rings is 1. The zero-order valence-corrected chi connectivity index (χ0v) is 14.6. The summed E-state index contributed by atoms with van der Waals surface area (Å²) in [5.74, 6) is -0.306. The molecule has 2 aliphatic rings. The molecule has 1 aromatic rings. The number of carboxylic acid groups (broad SMARTS) is 1. The third-order valence-corrected chi connectivity index (χ3v) is 4.57. The number of carbonyl (C=O) groups is 3. The number of aliphatic carboxylic acids is 1. The summed E-state index contributed by atoms with van der Waals surface area (Å²) in [5.41, 5.74) is 0.683. The summed E-state index contributed by atoms with van der Waals surface area (Å²) in [5, 5.41) is 8.68. The van der Waals surface area contributed by atoms with Gasteiger partial charge < -0.3 is 24.4 Å². The topological polar surface area (TPSA) is 96.4 Å². The van der Waals surface area contributed by atoms with Gasteiger partial charge in [-0.3, -0.25) is 14.4 Å².